The number of fused-ring (bicyclic) bond motifs is 1. The van der Waals surface area contributed by atoms with E-state index in [-0.39, 0.29) is 11.5 Å². The molecule has 2 heterocycles. The lowest BCUT2D eigenvalue weighted by molar-refractivity contribution is 0.608. The summed E-state index contributed by atoms with van der Waals surface area (Å²) >= 11 is 0. The lowest BCUT2D eigenvalue weighted by Crippen LogP contribution is -2.04. The molecule has 0 bridgehead atoms. The van der Waals surface area contributed by atoms with Crippen LogP contribution >= 0.6 is 0 Å². The number of aromatic nitrogens is 3. The van der Waals surface area contributed by atoms with Gasteiger partial charge in [-0.1, -0.05) is 18.2 Å². The van der Waals surface area contributed by atoms with Gasteiger partial charge in [-0.2, -0.15) is 0 Å². The van der Waals surface area contributed by atoms with Crippen LogP contribution < -0.4 is 5.73 Å². The number of para-hydroxylation sites is 1. The van der Waals surface area contributed by atoms with Gasteiger partial charge in [0.05, 0.1) is 11.2 Å². The molecule has 0 unspecified atom stereocenters. The van der Waals surface area contributed by atoms with Gasteiger partial charge >= 0.3 is 0 Å². The van der Waals surface area contributed by atoms with Crippen LogP contribution in [0.4, 0.5) is 10.2 Å². The van der Waals surface area contributed by atoms with Crippen molar-refractivity contribution >= 4 is 16.7 Å². The summed E-state index contributed by atoms with van der Waals surface area (Å²) in [5.41, 5.74) is 8.29. The third-order valence-electron chi connectivity index (χ3n) is 3.19. The van der Waals surface area contributed by atoms with Gasteiger partial charge in [0.2, 0.25) is 0 Å². The number of pyridine rings is 1. The smallest absolute Gasteiger partial charge is 0.186 e. The number of anilines is 1. The zero-order valence-electron chi connectivity index (χ0n) is 11.2. The molecule has 2 N–H and O–H groups in total. The fourth-order valence-electron chi connectivity index (χ4n) is 2.16. The Morgan fingerprint density at radius 2 is 1.80 bits per heavy atom. The molecule has 20 heavy (non-hydrogen) atoms. The van der Waals surface area contributed by atoms with E-state index < -0.39 is 5.82 Å². The number of nitrogens with zero attached hydrogens (tertiary/aromatic N) is 3. The highest BCUT2D eigenvalue weighted by atomic mass is 19.1. The molecule has 0 amide bonds. The van der Waals surface area contributed by atoms with E-state index in [4.69, 9.17) is 5.73 Å². The van der Waals surface area contributed by atoms with Crippen molar-refractivity contribution in [1.29, 1.82) is 0 Å². The molecule has 1 aromatic carbocycles. The molecule has 0 saturated carbocycles. The van der Waals surface area contributed by atoms with Crippen LogP contribution in [0.15, 0.2) is 30.3 Å². The van der Waals surface area contributed by atoms with Gasteiger partial charge in [-0.25, -0.2) is 19.3 Å². The summed E-state index contributed by atoms with van der Waals surface area (Å²) < 4.78 is 13.5. The van der Waals surface area contributed by atoms with E-state index in [9.17, 15) is 4.39 Å². The maximum Gasteiger partial charge on any atom is 0.186 e. The van der Waals surface area contributed by atoms with Crippen molar-refractivity contribution in [1.82, 2.24) is 15.0 Å². The first kappa shape index (κ1) is 12.5. The first-order valence-electron chi connectivity index (χ1n) is 6.22. The molecule has 100 valence electrons. The Hall–Kier alpha value is -2.56. The second-order valence-electron chi connectivity index (χ2n) is 4.67. The number of nitrogen functional groups attached to an aromatic ring is 1. The number of benzene rings is 1. The lowest BCUT2D eigenvalue weighted by atomic mass is 10.1. The quantitative estimate of drug-likeness (QED) is 0.736. The van der Waals surface area contributed by atoms with Crippen LogP contribution in [0, 0.1) is 19.7 Å². The van der Waals surface area contributed by atoms with Crippen LogP contribution in [0.25, 0.3) is 22.4 Å². The van der Waals surface area contributed by atoms with Crippen LogP contribution in [-0.4, -0.2) is 15.0 Å². The summed E-state index contributed by atoms with van der Waals surface area (Å²) in [6, 6.07) is 9.70. The highest BCUT2D eigenvalue weighted by molar-refractivity contribution is 5.84. The van der Waals surface area contributed by atoms with Gasteiger partial charge in [-0.05, 0) is 31.5 Å². The molecule has 0 aliphatic carbocycles. The minimum atomic E-state index is -0.578. The van der Waals surface area contributed by atoms with E-state index >= 15 is 0 Å². The summed E-state index contributed by atoms with van der Waals surface area (Å²) in [5, 5.41) is 1.07. The van der Waals surface area contributed by atoms with Gasteiger partial charge in [-0.3, -0.25) is 0 Å². The lowest BCUT2D eigenvalue weighted by Gasteiger charge is -2.07. The Bertz CT molecular complexity index is 791. The van der Waals surface area contributed by atoms with Crippen molar-refractivity contribution < 1.29 is 4.39 Å². The fraction of sp³-hybridized carbons (Fsp3) is 0.133. The second-order valence-corrected chi connectivity index (χ2v) is 4.67. The third kappa shape index (κ3) is 1.97. The molecule has 4 nitrogen and oxygen atoms in total. The molecule has 0 saturated heterocycles. The first-order valence-corrected chi connectivity index (χ1v) is 6.22. The zero-order chi connectivity index (χ0) is 14.3. The average molecular weight is 268 g/mol. The predicted molar refractivity (Wildman–Crippen MR) is 76.6 cm³/mol. The second kappa shape index (κ2) is 4.52. The number of aryl methyl sites for hydroxylation is 2. The largest absolute Gasteiger partial charge is 0.381 e. The highest BCUT2D eigenvalue weighted by Crippen LogP contribution is 2.23. The van der Waals surface area contributed by atoms with E-state index in [0.29, 0.717) is 11.5 Å². The normalized spacial score (nSPS) is 10.9. The zero-order valence-corrected chi connectivity index (χ0v) is 11.2. The molecule has 3 aromatic rings. The highest BCUT2D eigenvalue weighted by Gasteiger charge is 2.12. The van der Waals surface area contributed by atoms with Gasteiger partial charge in [0, 0.05) is 5.39 Å². The molecule has 3 rings (SSSR count). The van der Waals surface area contributed by atoms with Gasteiger partial charge in [0.1, 0.15) is 5.69 Å². The number of rotatable bonds is 1. The van der Waals surface area contributed by atoms with Crippen molar-refractivity contribution in [2.24, 2.45) is 0 Å². The molecule has 5 heteroatoms. The number of hydrogen-bond donors (Lipinski definition) is 1. The standard InChI is InChI=1S/C15H13FN4/c1-8-7-12(19-11-6-4-3-5-10(8)11)15-18-9(2)13(16)14(17)20-15/h3-7H,1-2H3,(H2,17,18,20). The van der Waals surface area contributed by atoms with E-state index in [1.165, 1.54) is 0 Å². The fourth-order valence-corrected chi connectivity index (χ4v) is 2.16. The maximum atomic E-state index is 13.5. The van der Waals surface area contributed by atoms with Crippen LogP contribution in [0.3, 0.4) is 0 Å². The Balaban J connectivity index is 2.25. The monoisotopic (exact) mass is 268 g/mol. The molecule has 0 aliphatic rings. The summed E-state index contributed by atoms with van der Waals surface area (Å²) in [6.45, 7) is 3.55. The first-order chi connectivity index (χ1) is 9.56. The van der Waals surface area contributed by atoms with Gasteiger partial charge < -0.3 is 5.73 Å². The van der Waals surface area contributed by atoms with Gasteiger partial charge in [-0.15, -0.1) is 0 Å². The Labute approximate surface area is 115 Å². The molecule has 0 spiro atoms. The van der Waals surface area contributed by atoms with E-state index in [0.717, 1.165) is 16.5 Å². The maximum absolute atomic E-state index is 13.5. The van der Waals surface area contributed by atoms with Crippen molar-refractivity contribution in [3.05, 3.63) is 47.4 Å². The average Bonchev–Trinajstić information content (AvgIpc) is 2.44. The molecule has 2 aromatic heterocycles. The van der Waals surface area contributed by atoms with E-state index in [1.807, 2.05) is 37.3 Å². The van der Waals surface area contributed by atoms with Gasteiger partial charge in [0.15, 0.2) is 17.5 Å². The molecule has 0 radical (unpaired) electrons. The third-order valence-corrected chi connectivity index (χ3v) is 3.19. The Morgan fingerprint density at radius 1 is 1.05 bits per heavy atom. The van der Waals surface area contributed by atoms with E-state index in [1.54, 1.807) is 6.92 Å². The van der Waals surface area contributed by atoms with Crippen LogP contribution in [-0.2, 0) is 0 Å². The predicted octanol–water partition coefficient (Wildman–Crippen LogP) is 3.03. The van der Waals surface area contributed by atoms with Gasteiger partial charge in [0.25, 0.3) is 0 Å². The number of halogens is 1. The molecular weight excluding hydrogens is 255 g/mol. The minimum Gasteiger partial charge on any atom is -0.381 e. The molecule has 0 atom stereocenters. The molecule has 0 aliphatic heterocycles. The Morgan fingerprint density at radius 3 is 2.55 bits per heavy atom. The molecule has 0 fully saturated rings. The van der Waals surface area contributed by atoms with Crippen molar-refractivity contribution in [2.75, 3.05) is 5.73 Å². The molecular formula is C15H13FN4. The van der Waals surface area contributed by atoms with E-state index in [2.05, 4.69) is 15.0 Å². The van der Waals surface area contributed by atoms with Crippen molar-refractivity contribution in [2.45, 2.75) is 13.8 Å². The summed E-state index contributed by atoms with van der Waals surface area (Å²) in [4.78, 5) is 12.6. The minimum absolute atomic E-state index is 0.153. The van der Waals surface area contributed by atoms with Crippen molar-refractivity contribution in [3.63, 3.8) is 0 Å². The number of nitrogens with two attached hydrogens (primary N) is 1. The van der Waals surface area contributed by atoms with Crippen LogP contribution in [0.1, 0.15) is 11.3 Å². The topological polar surface area (TPSA) is 64.7 Å². The van der Waals surface area contributed by atoms with Crippen molar-refractivity contribution in [3.8, 4) is 11.5 Å². The van der Waals surface area contributed by atoms with Crippen LogP contribution in [0.5, 0.6) is 0 Å². The Kier molecular flexibility index (Phi) is 2.82. The SMILES string of the molecule is Cc1nc(-c2cc(C)c3ccccc3n2)nc(N)c1F. The van der Waals surface area contributed by atoms with Crippen LogP contribution in [0.2, 0.25) is 0 Å². The summed E-state index contributed by atoms with van der Waals surface area (Å²) in [6.07, 6.45) is 0. The number of hydrogen-bond acceptors (Lipinski definition) is 4. The summed E-state index contributed by atoms with van der Waals surface area (Å²) in [5.74, 6) is -0.387. The summed E-state index contributed by atoms with van der Waals surface area (Å²) in [7, 11) is 0.